The zero-order valence-corrected chi connectivity index (χ0v) is 9.66. The molecule has 5 heteroatoms. The van der Waals surface area contributed by atoms with E-state index in [1.54, 1.807) is 0 Å². The van der Waals surface area contributed by atoms with Gasteiger partial charge in [0.1, 0.15) is 5.82 Å². The summed E-state index contributed by atoms with van der Waals surface area (Å²) < 4.78 is 13.1. The molecule has 4 nitrogen and oxygen atoms in total. The van der Waals surface area contributed by atoms with Gasteiger partial charge in [-0.15, -0.1) is 0 Å². The molecule has 3 aliphatic rings. The second-order valence-corrected chi connectivity index (χ2v) is 5.36. The van der Waals surface area contributed by atoms with Gasteiger partial charge in [0.2, 0.25) is 0 Å². The van der Waals surface area contributed by atoms with E-state index in [4.69, 9.17) is 0 Å². The Morgan fingerprint density at radius 2 is 2.22 bits per heavy atom. The summed E-state index contributed by atoms with van der Waals surface area (Å²) in [6, 6.07) is 3.71. The van der Waals surface area contributed by atoms with Gasteiger partial charge < -0.3 is 10.3 Å². The Kier molecular flexibility index (Phi) is 1.80. The molecule has 2 N–H and O–H groups in total. The molecule has 0 atom stereocenters. The van der Waals surface area contributed by atoms with E-state index in [0.29, 0.717) is 16.9 Å². The number of hydrogen-bond donors (Lipinski definition) is 2. The Balaban J connectivity index is 1.94. The van der Waals surface area contributed by atoms with Crippen LogP contribution in [0, 0.1) is 5.82 Å². The number of H-pyrrole nitrogens is 1. The second kappa shape index (κ2) is 3.17. The molecule has 18 heavy (non-hydrogen) atoms. The summed E-state index contributed by atoms with van der Waals surface area (Å²) in [5.74, 6) is -0.481. The standard InChI is InChI=1S/C13H12FN3O/c14-7-1-9-10(15-5-7)2-11(17-12(9)18)13-3-8(4-13)16-6-13/h1-2,5,8,16H,3-4,6H2,(H,17,18). The van der Waals surface area contributed by atoms with Gasteiger partial charge in [0.05, 0.1) is 17.1 Å². The van der Waals surface area contributed by atoms with Gasteiger partial charge in [-0.3, -0.25) is 9.78 Å². The van der Waals surface area contributed by atoms with Crippen molar-refractivity contribution in [1.29, 1.82) is 0 Å². The van der Waals surface area contributed by atoms with Crippen molar-refractivity contribution in [3.8, 4) is 0 Å². The molecule has 3 fully saturated rings. The van der Waals surface area contributed by atoms with Crippen LogP contribution in [0.4, 0.5) is 4.39 Å². The highest BCUT2D eigenvalue weighted by atomic mass is 19.1. The van der Waals surface area contributed by atoms with Crippen molar-refractivity contribution in [3.63, 3.8) is 0 Å². The van der Waals surface area contributed by atoms with E-state index in [2.05, 4.69) is 15.3 Å². The van der Waals surface area contributed by atoms with Gasteiger partial charge in [0, 0.05) is 23.7 Å². The molecule has 0 unspecified atom stereocenters. The zero-order valence-electron chi connectivity index (χ0n) is 9.66. The summed E-state index contributed by atoms with van der Waals surface area (Å²) in [6.07, 6.45) is 3.28. The van der Waals surface area contributed by atoms with Crippen LogP contribution in [0.5, 0.6) is 0 Å². The third kappa shape index (κ3) is 1.22. The average molecular weight is 245 g/mol. The number of fused-ring (bicyclic) bond motifs is 2. The van der Waals surface area contributed by atoms with E-state index in [1.807, 2.05) is 6.07 Å². The summed E-state index contributed by atoms with van der Waals surface area (Å²) in [6.45, 7) is 0.903. The van der Waals surface area contributed by atoms with Gasteiger partial charge in [0.15, 0.2) is 0 Å². The van der Waals surface area contributed by atoms with Crippen molar-refractivity contribution >= 4 is 10.9 Å². The normalized spacial score (nSPS) is 29.5. The molecule has 2 saturated heterocycles. The molecular weight excluding hydrogens is 233 g/mol. The molecule has 92 valence electrons. The van der Waals surface area contributed by atoms with E-state index in [1.165, 1.54) is 6.07 Å². The van der Waals surface area contributed by atoms with Crippen molar-refractivity contribution in [2.45, 2.75) is 24.3 Å². The minimum atomic E-state index is -0.481. The molecule has 1 saturated carbocycles. The lowest BCUT2D eigenvalue weighted by Gasteiger charge is -2.36. The van der Waals surface area contributed by atoms with Crippen LogP contribution in [0.1, 0.15) is 18.5 Å². The molecule has 5 rings (SSSR count). The first kappa shape index (κ1) is 10.2. The monoisotopic (exact) mass is 245 g/mol. The van der Waals surface area contributed by atoms with Gasteiger partial charge in [0.25, 0.3) is 5.56 Å². The number of aromatic amines is 1. The molecule has 4 heterocycles. The smallest absolute Gasteiger partial charge is 0.257 e. The van der Waals surface area contributed by atoms with E-state index in [-0.39, 0.29) is 11.0 Å². The lowest BCUT2D eigenvalue weighted by molar-refractivity contribution is 0.297. The van der Waals surface area contributed by atoms with E-state index in [9.17, 15) is 9.18 Å². The lowest BCUT2D eigenvalue weighted by atomic mass is 9.68. The summed E-state index contributed by atoms with van der Waals surface area (Å²) >= 11 is 0. The van der Waals surface area contributed by atoms with Crippen LogP contribution >= 0.6 is 0 Å². The van der Waals surface area contributed by atoms with Crippen molar-refractivity contribution < 1.29 is 4.39 Å². The summed E-state index contributed by atoms with van der Waals surface area (Å²) in [4.78, 5) is 18.9. The molecule has 2 aromatic heterocycles. The number of pyridine rings is 2. The average Bonchev–Trinajstić information content (AvgIpc) is 2.89. The molecular formula is C13H12FN3O. The fourth-order valence-electron chi connectivity index (χ4n) is 3.22. The predicted octanol–water partition coefficient (Wildman–Crippen LogP) is 1.07. The van der Waals surface area contributed by atoms with Crippen molar-refractivity contribution in [2.75, 3.05) is 6.54 Å². The van der Waals surface area contributed by atoms with Gasteiger partial charge in [-0.25, -0.2) is 4.39 Å². The van der Waals surface area contributed by atoms with Gasteiger partial charge in [-0.1, -0.05) is 0 Å². The second-order valence-electron chi connectivity index (χ2n) is 5.36. The van der Waals surface area contributed by atoms with Crippen LogP contribution < -0.4 is 10.9 Å². The maximum absolute atomic E-state index is 13.1. The first-order valence-corrected chi connectivity index (χ1v) is 6.09. The Morgan fingerprint density at radius 1 is 1.39 bits per heavy atom. The molecule has 0 aromatic carbocycles. The topological polar surface area (TPSA) is 57.8 Å². The Bertz CT molecular complexity index is 697. The SMILES string of the molecule is O=c1[nH]c(C23CNC(C2)C3)cc2ncc(F)cc12. The molecule has 0 amide bonds. The fraction of sp³-hybridized carbons (Fsp3) is 0.385. The van der Waals surface area contributed by atoms with Crippen LogP contribution in [0.2, 0.25) is 0 Å². The van der Waals surface area contributed by atoms with Crippen LogP contribution in [0.15, 0.2) is 23.1 Å². The summed E-state index contributed by atoms with van der Waals surface area (Å²) in [7, 11) is 0. The lowest BCUT2D eigenvalue weighted by Crippen LogP contribution is -2.39. The minimum absolute atomic E-state index is 0.0636. The van der Waals surface area contributed by atoms with Crippen LogP contribution in [-0.4, -0.2) is 22.6 Å². The van der Waals surface area contributed by atoms with Gasteiger partial charge in [-0.2, -0.15) is 0 Å². The first-order chi connectivity index (χ1) is 8.66. The Morgan fingerprint density at radius 3 is 2.94 bits per heavy atom. The molecule has 2 aromatic rings. The molecule has 2 bridgehead atoms. The number of halogens is 1. The number of nitrogens with one attached hydrogen (secondary N) is 2. The van der Waals surface area contributed by atoms with Crippen molar-refractivity contribution in [2.24, 2.45) is 0 Å². The Hall–Kier alpha value is -1.75. The van der Waals surface area contributed by atoms with Gasteiger partial charge >= 0.3 is 0 Å². The third-order valence-corrected chi connectivity index (χ3v) is 4.23. The van der Waals surface area contributed by atoms with Gasteiger partial charge in [-0.05, 0) is 25.0 Å². The molecule has 0 radical (unpaired) electrons. The number of nitrogens with zero attached hydrogens (tertiary/aromatic N) is 1. The highest BCUT2D eigenvalue weighted by Gasteiger charge is 2.52. The summed E-state index contributed by atoms with van der Waals surface area (Å²) in [5, 5.41) is 3.72. The minimum Gasteiger partial charge on any atom is -0.325 e. The third-order valence-electron chi connectivity index (χ3n) is 4.23. The van der Waals surface area contributed by atoms with Crippen LogP contribution in [-0.2, 0) is 5.41 Å². The number of hydrogen-bond acceptors (Lipinski definition) is 3. The number of aromatic nitrogens is 2. The zero-order chi connectivity index (χ0) is 12.3. The molecule has 1 aliphatic carbocycles. The maximum atomic E-state index is 13.1. The Labute approximate surface area is 102 Å². The van der Waals surface area contributed by atoms with Crippen LogP contribution in [0.3, 0.4) is 0 Å². The number of rotatable bonds is 1. The van der Waals surface area contributed by atoms with Crippen LogP contribution in [0.25, 0.3) is 10.9 Å². The maximum Gasteiger partial charge on any atom is 0.257 e. The fourth-order valence-corrected chi connectivity index (χ4v) is 3.22. The van der Waals surface area contributed by atoms with E-state index >= 15 is 0 Å². The quantitative estimate of drug-likeness (QED) is 0.790. The molecule has 0 spiro atoms. The van der Waals surface area contributed by atoms with E-state index in [0.717, 1.165) is 31.3 Å². The molecule has 2 aliphatic heterocycles. The highest BCUT2D eigenvalue weighted by Crippen LogP contribution is 2.47. The summed E-state index contributed by atoms with van der Waals surface area (Å²) in [5.41, 5.74) is 1.31. The highest BCUT2D eigenvalue weighted by molar-refractivity contribution is 5.77. The first-order valence-electron chi connectivity index (χ1n) is 6.09. The predicted molar refractivity (Wildman–Crippen MR) is 65.0 cm³/mol. The largest absolute Gasteiger partial charge is 0.325 e. The van der Waals surface area contributed by atoms with Crippen molar-refractivity contribution in [3.05, 3.63) is 40.2 Å². The van der Waals surface area contributed by atoms with Crippen molar-refractivity contribution in [1.82, 2.24) is 15.3 Å². The van der Waals surface area contributed by atoms with E-state index < -0.39 is 5.82 Å².